The normalized spacial score (nSPS) is 33.5. The van der Waals surface area contributed by atoms with Crippen molar-refractivity contribution in [3.63, 3.8) is 0 Å². The molecule has 0 radical (unpaired) electrons. The summed E-state index contributed by atoms with van der Waals surface area (Å²) in [7, 11) is 0. The Morgan fingerprint density at radius 3 is 2.62 bits per heavy atom. The van der Waals surface area contributed by atoms with Gasteiger partial charge >= 0.3 is 12.0 Å². The van der Waals surface area contributed by atoms with Gasteiger partial charge in [0.25, 0.3) is 0 Å². The van der Waals surface area contributed by atoms with Crippen molar-refractivity contribution >= 4 is 12.0 Å². The number of carbonyl (C=O) groups is 2. The van der Waals surface area contributed by atoms with E-state index in [9.17, 15) is 14.7 Å². The summed E-state index contributed by atoms with van der Waals surface area (Å²) in [6.07, 6.45) is 7.10. The Bertz CT molecular complexity index is 386. The van der Waals surface area contributed by atoms with Crippen LogP contribution in [0.4, 0.5) is 4.79 Å². The second-order valence-electron chi connectivity index (χ2n) is 6.69. The fourth-order valence-corrected chi connectivity index (χ4v) is 3.75. The number of hydrogen-bond acceptors (Lipinski definition) is 2. The minimum absolute atomic E-state index is 0.181. The molecule has 2 amide bonds. The van der Waals surface area contributed by atoms with Crippen LogP contribution < -0.4 is 5.32 Å². The molecule has 0 aromatic carbocycles. The van der Waals surface area contributed by atoms with Crippen molar-refractivity contribution in [2.45, 2.75) is 70.9 Å². The highest BCUT2D eigenvalue weighted by molar-refractivity contribution is 5.83. The molecule has 1 heterocycles. The van der Waals surface area contributed by atoms with E-state index in [0.29, 0.717) is 24.8 Å². The van der Waals surface area contributed by atoms with E-state index >= 15 is 0 Å². The van der Waals surface area contributed by atoms with Crippen LogP contribution in [0.25, 0.3) is 0 Å². The third kappa shape index (κ3) is 3.89. The molecule has 5 nitrogen and oxygen atoms in total. The van der Waals surface area contributed by atoms with Crippen molar-refractivity contribution in [2.24, 2.45) is 11.8 Å². The molecule has 4 atom stereocenters. The second-order valence-corrected chi connectivity index (χ2v) is 6.69. The van der Waals surface area contributed by atoms with Gasteiger partial charge in [-0.3, -0.25) is 0 Å². The highest BCUT2D eigenvalue weighted by Crippen LogP contribution is 2.28. The van der Waals surface area contributed by atoms with E-state index in [-0.39, 0.29) is 12.1 Å². The van der Waals surface area contributed by atoms with Crippen LogP contribution in [0.15, 0.2) is 0 Å². The molecule has 1 saturated heterocycles. The topological polar surface area (TPSA) is 69.6 Å². The minimum Gasteiger partial charge on any atom is -0.480 e. The molecule has 1 saturated carbocycles. The van der Waals surface area contributed by atoms with Crippen LogP contribution in [0.1, 0.15) is 58.8 Å². The van der Waals surface area contributed by atoms with Gasteiger partial charge in [-0.15, -0.1) is 0 Å². The quantitative estimate of drug-likeness (QED) is 0.841. The summed E-state index contributed by atoms with van der Waals surface area (Å²) < 4.78 is 0. The van der Waals surface area contributed by atoms with Crippen molar-refractivity contribution in [2.75, 3.05) is 6.54 Å². The first-order chi connectivity index (χ1) is 10.0. The number of amides is 2. The molecule has 5 heteroatoms. The monoisotopic (exact) mass is 296 g/mol. The summed E-state index contributed by atoms with van der Waals surface area (Å²) in [5, 5.41) is 12.5. The van der Waals surface area contributed by atoms with Gasteiger partial charge in [-0.1, -0.05) is 33.1 Å². The van der Waals surface area contributed by atoms with Crippen LogP contribution >= 0.6 is 0 Å². The van der Waals surface area contributed by atoms with E-state index in [2.05, 4.69) is 19.2 Å². The maximum absolute atomic E-state index is 12.5. The zero-order valence-electron chi connectivity index (χ0n) is 13.2. The Morgan fingerprint density at radius 1 is 1.24 bits per heavy atom. The molecule has 0 spiro atoms. The molecule has 0 bridgehead atoms. The molecule has 2 N–H and O–H groups in total. The highest BCUT2D eigenvalue weighted by Gasteiger charge is 2.36. The predicted octanol–water partition coefficient (Wildman–Crippen LogP) is 2.85. The van der Waals surface area contributed by atoms with Gasteiger partial charge in [-0.05, 0) is 37.5 Å². The van der Waals surface area contributed by atoms with Crippen molar-refractivity contribution in [1.82, 2.24) is 10.2 Å². The first-order valence-electron chi connectivity index (χ1n) is 8.32. The van der Waals surface area contributed by atoms with E-state index in [4.69, 9.17) is 0 Å². The van der Waals surface area contributed by atoms with E-state index in [0.717, 1.165) is 25.7 Å². The zero-order valence-corrected chi connectivity index (χ0v) is 13.2. The van der Waals surface area contributed by atoms with Gasteiger partial charge in [0.1, 0.15) is 6.04 Å². The number of carboxylic acid groups (broad SMARTS) is 1. The third-order valence-corrected chi connectivity index (χ3v) is 5.15. The van der Waals surface area contributed by atoms with Gasteiger partial charge in [0.15, 0.2) is 0 Å². The number of piperidine rings is 1. The fraction of sp³-hybridized carbons (Fsp3) is 0.875. The number of likely N-dealkylation sites (tertiary alicyclic amines) is 1. The molecule has 4 unspecified atom stereocenters. The van der Waals surface area contributed by atoms with Crippen LogP contribution in [0, 0.1) is 11.8 Å². The lowest BCUT2D eigenvalue weighted by Gasteiger charge is -2.38. The van der Waals surface area contributed by atoms with Crippen LogP contribution in [0.2, 0.25) is 0 Å². The summed E-state index contributed by atoms with van der Waals surface area (Å²) in [5.74, 6) is 0.0234. The summed E-state index contributed by atoms with van der Waals surface area (Å²) >= 11 is 0. The third-order valence-electron chi connectivity index (χ3n) is 5.15. The number of carboxylic acids is 1. The summed E-state index contributed by atoms with van der Waals surface area (Å²) in [6, 6.07) is -0.637. The molecule has 1 aliphatic heterocycles. The van der Waals surface area contributed by atoms with Crippen LogP contribution in [0.5, 0.6) is 0 Å². The molecular formula is C16H28N2O3. The fourth-order valence-electron chi connectivity index (χ4n) is 3.75. The van der Waals surface area contributed by atoms with Gasteiger partial charge in [0, 0.05) is 12.6 Å². The van der Waals surface area contributed by atoms with Crippen LogP contribution in [0.3, 0.4) is 0 Å². The van der Waals surface area contributed by atoms with Crippen LogP contribution in [-0.4, -0.2) is 40.6 Å². The predicted molar refractivity (Wildman–Crippen MR) is 81.1 cm³/mol. The molecule has 2 fully saturated rings. The summed E-state index contributed by atoms with van der Waals surface area (Å²) in [4.78, 5) is 25.4. The maximum Gasteiger partial charge on any atom is 0.326 e. The van der Waals surface area contributed by atoms with Gasteiger partial charge in [0.05, 0.1) is 0 Å². The number of rotatable bonds is 3. The van der Waals surface area contributed by atoms with Gasteiger partial charge in [0.2, 0.25) is 0 Å². The lowest BCUT2D eigenvalue weighted by atomic mass is 9.83. The Labute approximate surface area is 127 Å². The number of nitrogens with zero attached hydrogens (tertiary/aromatic N) is 1. The van der Waals surface area contributed by atoms with Crippen molar-refractivity contribution in [3.8, 4) is 0 Å². The standard InChI is InChI=1S/C16H28N2O3/c1-3-12-6-4-5-7-13(12)17-16(21)18-9-8-11(2)10-14(18)15(19)20/h11-14H,3-10H2,1-2H3,(H,17,21)(H,19,20). The van der Waals surface area contributed by atoms with Crippen molar-refractivity contribution < 1.29 is 14.7 Å². The molecular weight excluding hydrogens is 268 g/mol. The SMILES string of the molecule is CCC1CCCCC1NC(=O)N1CCC(C)CC1C(=O)O. The number of urea groups is 1. The molecule has 21 heavy (non-hydrogen) atoms. The number of hydrogen-bond donors (Lipinski definition) is 2. The Morgan fingerprint density at radius 2 is 1.95 bits per heavy atom. The van der Waals surface area contributed by atoms with Crippen LogP contribution in [-0.2, 0) is 4.79 Å². The highest BCUT2D eigenvalue weighted by atomic mass is 16.4. The molecule has 2 rings (SSSR count). The zero-order chi connectivity index (χ0) is 15.4. The first kappa shape index (κ1) is 16.1. The average molecular weight is 296 g/mol. The summed E-state index contributed by atoms with van der Waals surface area (Å²) in [5.41, 5.74) is 0. The van der Waals surface area contributed by atoms with Crippen molar-refractivity contribution in [3.05, 3.63) is 0 Å². The Balaban J connectivity index is 1.99. The Hall–Kier alpha value is -1.26. The van der Waals surface area contributed by atoms with Gasteiger partial charge in [-0.25, -0.2) is 9.59 Å². The van der Waals surface area contributed by atoms with E-state index in [1.54, 1.807) is 0 Å². The molecule has 120 valence electrons. The number of carbonyl (C=O) groups excluding carboxylic acids is 1. The molecule has 0 aromatic rings. The smallest absolute Gasteiger partial charge is 0.326 e. The average Bonchev–Trinajstić information content (AvgIpc) is 2.47. The van der Waals surface area contributed by atoms with Crippen molar-refractivity contribution in [1.29, 1.82) is 0 Å². The molecule has 2 aliphatic rings. The second kappa shape index (κ2) is 7.14. The number of aliphatic carboxylic acids is 1. The largest absolute Gasteiger partial charge is 0.480 e. The first-order valence-corrected chi connectivity index (χ1v) is 8.32. The molecule has 0 aromatic heterocycles. The molecule has 1 aliphatic carbocycles. The lowest BCUT2D eigenvalue weighted by molar-refractivity contribution is -0.143. The van der Waals surface area contributed by atoms with Gasteiger partial charge in [-0.2, -0.15) is 0 Å². The van der Waals surface area contributed by atoms with E-state index in [1.807, 2.05) is 0 Å². The minimum atomic E-state index is -0.882. The summed E-state index contributed by atoms with van der Waals surface area (Å²) in [6.45, 7) is 4.77. The van der Waals surface area contributed by atoms with E-state index in [1.165, 1.54) is 17.7 Å². The lowest BCUT2D eigenvalue weighted by Crippen LogP contribution is -2.56. The van der Waals surface area contributed by atoms with Gasteiger partial charge < -0.3 is 15.3 Å². The Kier molecular flexibility index (Phi) is 5.48. The number of nitrogens with one attached hydrogen (secondary N) is 1. The maximum atomic E-state index is 12.5. The van der Waals surface area contributed by atoms with E-state index < -0.39 is 12.0 Å².